The monoisotopic (exact) mass is 284 g/mol. The van der Waals surface area contributed by atoms with Crippen molar-refractivity contribution in [2.24, 2.45) is 4.99 Å². The molecule has 0 amide bonds. The summed E-state index contributed by atoms with van der Waals surface area (Å²) >= 11 is 0. The minimum absolute atomic E-state index is 0.219. The minimum atomic E-state index is -0.571. The Morgan fingerprint density at radius 2 is 1.81 bits per heavy atom. The second kappa shape index (κ2) is 6.51. The van der Waals surface area contributed by atoms with Gasteiger partial charge in [-0.2, -0.15) is 0 Å². The first-order valence-electron chi connectivity index (χ1n) is 6.36. The Hall–Kier alpha value is -2.89. The molecule has 1 heterocycles. The smallest absolute Gasteiger partial charge is 0.327 e. The third-order valence-electron chi connectivity index (χ3n) is 2.74. The van der Waals surface area contributed by atoms with Crippen LogP contribution >= 0.6 is 0 Å². The van der Waals surface area contributed by atoms with E-state index in [9.17, 15) is 9.59 Å². The van der Waals surface area contributed by atoms with E-state index in [4.69, 9.17) is 0 Å². The van der Waals surface area contributed by atoms with Crippen LogP contribution in [0.3, 0.4) is 0 Å². The number of allylic oxidation sites excluding steroid dienone is 1. The van der Waals surface area contributed by atoms with E-state index in [1.54, 1.807) is 6.08 Å². The molecule has 0 aliphatic rings. The quantitative estimate of drug-likeness (QED) is 0.836. The molecule has 0 atom stereocenters. The van der Waals surface area contributed by atoms with Gasteiger partial charge in [0.15, 0.2) is 0 Å². The van der Waals surface area contributed by atoms with Crippen LogP contribution in [0.4, 0.5) is 11.5 Å². The van der Waals surface area contributed by atoms with E-state index in [0.717, 1.165) is 11.3 Å². The number of nitrogens with zero attached hydrogens (tertiary/aromatic N) is 2. The highest BCUT2D eigenvalue weighted by Gasteiger charge is 1.93. The van der Waals surface area contributed by atoms with Gasteiger partial charge in [-0.3, -0.25) is 14.8 Å². The fraction of sp³-hybridized carbons (Fsp3) is 0.133. The average molecular weight is 284 g/mol. The first-order chi connectivity index (χ1) is 10.0. The molecule has 2 aromatic rings. The lowest BCUT2D eigenvalue weighted by molar-refractivity contribution is 1.03. The second-order valence-corrected chi connectivity index (χ2v) is 4.60. The number of aliphatic imine (C=N–C) groups is 1. The Balaban J connectivity index is 2.06. The molecule has 0 radical (unpaired) electrons. The van der Waals surface area contributed by atoms with Gasteiger partial charge < -0.3 is 4.90 Å². The van der Waals surface area contributed by atoms with E-state index in [-0.39, 0.29) is 5.82 Å². The number of hydrogen-bond acceptors (Lipinski definition) is 4. The SMILES string of the molecule is CN(C)c1ccc(/C=C/C=N/c2cc(=O)[nH]c(=O)[nH]2)cc1. The lowest BCUT2D eigenvalue weighted by atomic mass is 10.2. The van der Waals surface area contributed by atoms with Crippen LogP contribution in [0.2, 0.25) is 0 Å². The molecule has 0 saturated carbocycles. The van der Waals surface area contributed by atoms with Crippen LogP contribution < -0.4 is 16.1 Å². The van der Waals surface area contributed by atoms with Gasteiger partial charge in [0.25, 0.3) is 5.56 Å². The van der Waals surface area contributed by atoms with Crippen LogP contribution in [-0.4, -0.2) is 30.3 Å². The van der Waals surface area contributed by atoms with Crippen molar-refractivity contribution < 1.29 is 0 Å². The lowest BCUT2D eigenvalue weighted by Crippen LogP contribution is -2.20. The predicted octanol–water partition coefficient (Wildman–Crippen LogP) is 1.54. The third kappa shape index (κ3) is 4.31. The zero-order valence-corrected chi connectivity index (χ0v) is 11.8. The molecule has 0 saturated heterocycles. The van der Waals surface area contributed by atoms with E-state index in [0.29, 0.717) is 0 Å². The molecule has 2 N–H and O–H groups in total. The largest absolute Gasteiger partial charge is 0.378 e. The molecular weight excluding hydrogens is 268 g/mol. The topological polar surface area (TPSA) is 81.3 Å². The molecule has 0 spiro atoms. The number of aromatic nitrogens is 2. The van der Waals surface area contributed by atoms with Gasteiger partial charge >= 0.3 is 5.69 Å². The zero-order valence-electron chi connectivity index (χ0n) is 11.8. The van der Waals surface area contributed by atoms with Crippen LogP contribution in [0.15, 0.2) is 51.0 Å². The summed E-state index contributed by atoms with van der Waals surface area (Å²) in [6.45, 7) is 0. The third-order valence-corrected chi connectivity index (χ3v) is 2.74. The Kier molecular flexibility index (Phi) is 4.50. The Labute approximate surface area is 121 Å². The molecule has 0 fully saturated rings. The summed E-state index contributed by atoms with van der Waals surface area (Å²) in [6.07, 6.45) is 5.14. The van der Waals surface area contributed by atoms with E-state index in [1.807, 2.05) is 49.3 Å². The van der Waals surface area contributed by atoms with Gasteiger partial charge in [-0.05, 0) is 23.8 Å². The Bertz CT molecular complexity index is 739. The molecular formula is C15H16N4O2. The first kappa shape index (κ1) is 14.5. The molecule has 0 unspecified atom stereocenters. The Morgan fingerprint density at radius 1 is 1.10 bits per heavy atom. The fourth-order valence-electron chi connectivity index (χ4n) is 1.69. The highest BCUT2D eigenvalue weighted by molar-refractivity contribution is 5.80. The van der Waals surface area contributed by atoms with Crippen molar-refractivity contribution in [2.75, 3.05) is 19.0 Å². The second-order valence-electron chi connectivity index (χ2n) is 4.60. The predicted molar refractivity (Wildman–Crippen MR) is 85.6 cm³/mol. The molecule has 0 bridgehead atoms. The van der Waals surface area contributed by atoms with Gasteiger partial charge in [0.2, 0.25) is 0 Å². The molecule has 1 aromatic carbocycles. The van der Waals surface area contributed by atoms with Gasteiger partial charge in [-0.1, -0.05) is 18.2 Å². The average Bonchev–Trinajstić information content (AvgIpc) is 2.43. The maximum atomic E-state index is 11.1. The van der Waals surface area contributed by atoms with Crippen LogP contribution in [0.1, 0.15) is 5.56 Å². The molecule has 1 aromatic heterocycles. The number of benzene rings is 1. The summed E-state index contributed by atoms with van der Waals surface area (Å²) in [5.74, 6) is 0.219. The number of aromatic amines is 2. The zero-order chi connectivity index (χ0) is 15.2. The van der Waals surface area contributed by atoms with Crippen molar-refractivity contribution >= 4 is 23.8 Å². The van der Waals surface area contributed by atoms with Crippen LogP contribution in [0.25, 0.3) is 6.08 Å². The number of nitrogens with one attached hydrogen (secondary N) is 2. The van der Waals surface area contributed by atoms with Crippen molar-refractivity contribution in [3.63, 3.8) is 0 Å². The summed E-state index contributed by atoms with van der Waals surface area (Å²) in [7, 11) is 3.97. The van der Waals surface area contributed by atoms with Crippen molar-refractivity contribution in [3.8, 4) is 0 Å². The van der Waals surface area contributed by atoms with Crippen LogP contribution in [0.5, 0.6) is 0 Å². The van der Waals surface area contributed by atoms with E-state index in [2.05, 4.69) is 15.0 Å². The minimum Gasteiger partial charge on any atom is -0.378 e. The number of H-pyrrole nitrogens is 2. The maximum Gasteiger partial charge on any atom is 0.327 e. The van der Waals surface area contributed by atoms with Gasteiger partial charge in [-0.25, -0.2) is 9.79 Å². The number of anilines is 1. The van der Waals surface area contributed by atoms with Crippen molar-refractivity contribution in [1.29, 1.82) is 0 Å². The normalized spacial score (nSPS) is 11.3. The summed E-state index contributed by atoms with van der Waals surface area (Å²) in [4.78, 5) is 32.6. The van der Waals surface area contributed by atoms with E-state index < -0.39 is 11.2 Å². The molecule has 2 rings (SSSR count). The summed E-state index contributed by atoms with van der Waals surface area (Å²) in [5.41, 5.74) is 1.11. The summed E-state index contributed by atoms with van der Waals surface area (Å²) in [6, 6.07) is 9.25. The molecule has 6 heteroatoms. The standard InChI is InChI=1S/C15H16N4O2/c1-19(2)12-7-5-11(6-8-12)4-3-9-16-13-10-14(20)18-15(21)17-13/h3-10H,1-2H3,(H2,17,18,20,21)/b4-3+,16-9+. The van der Waals surface area contributed by atoms with E-state index in [1.165, 1.54) is 12.3 Å². The fourth-order valence-corrected chi connectivity index (χ4v) is 1.69. The molecule has 6 nitrogen and oxygen atoms in total. The lowest BCUT2D eigenvalue weighted by Gasteiger charge is -2.11. The number of hydrogen-bond donors (Lipinski definition) is 2. The highest BCUT2D eigenvalue weighted by Crippen LogP contribution is 2.12. The van der Waals surface area contributed by atoms with Gasteiger partial charge in [0.1, 0.15) is 5.82 Å². The molecule has 108 valence electrons. The number of rotatable bonds is 4. The van der Waals surface area contributed by atoms with Crippen LogP contribution in [-0.2, 0) is 0 Å². The van der Waals surface area contributed by atoms with Gasteiger partial charge in [0.05, 0.1) is 0 Å². The molecule has 0 aliphatic heterocycles. The highest BCUT2D eigenvalue weighted by atomic mass is 16.2. The van der Waals surface area contributed by atoms with Crippen molar-refractivity contribution in [2.45, 2.75) is 0 Å². The van der Waals surface area contributed by atoms with E-state index >= 15 is 0 Å². The Morgan fingerprint density at radius 3 is 2.43 bits per heavy atom. The molecule has 0 aliphatic carbocycles. The van der Waals surface area contributed by atoms with Crippen molar-refractivity contribution in [1.82, 2.24) is 9.97 Å². The molecule has 21 heavy (non-hydrogen) atoms. The van der Waals surface area contributed by atoms with Crippen LogP contribution in [0, 0.1) is 0 Å². The van der Waals surface area contributed by atoms with Gasteiger partial charge in [-0.15, -0.1) is 0 Å². The summed E-state index contributed by atoms with van der Waals surface area (Å²) in [5, 5.41) is 0. The van der Waals surface area contributed by atoms with Crippen molar-refractivity contribution in [3.05, 3.63) is 62.8 Å². The summed E-state index contributed by atoms with van der Waals surface area (Å²) < 4.78 is 0. The van der Waals surface area contributed by atoms with Gasteiger partial charge in [0, 0.05) is 32.1 Å². The maximum absolute atomic E-state index is 11.1. The first-order valence-corrected chi connectivity index (χ1v) is 6.36.